The Kier molecular flexibility index (Phi) is 7.12. The van der Waals surface area contributed by atoms with Crippen LogP contribution in [0.5, 0.6) is 5.75 Å². The lowest BCUT2D eigenvalue weighted by Gasteiger charge is -2.33. The number of piperidine rings is 1. The normalized spacial score (nSPS) is 19.4. The number of anilines is 1. The zero-order chi connectivity index (χ0) is 23.3. The highest BCUT2D eigenvalue weighted by atomic mass is 16.5. The van der Waals surface area contributed by atoms with Gasteiger partial charge in [-0.25, -0.2) is 0 Å². The van der Waals surface area contributed by atoms with E-state index in [1.807, 2.05) is 31.2 Å². The van der Waals surface area contributed by atoms with Crippen LogP contribution in [0.4, 0.5) is 5.69 Å². The first-order valence-corrected chi connectivity index (χ1v) is 12.6. The molecule has 0 spiro atoms. The van der Waals surface area contributed by atoms with Crippen LogP contribution in [0, 0.1) is 6.92 Å². The predicted octanol–water partition coefficient (Wildman–Crippen LogP) is 4.90. The summed E-state index contributed by atoms with van der Waals surface area (Å²) in [5.74, 6) is 0.932. The fourth-order valence-electron chi connectivity index (χ4n) is 5.06. The van der Waals surface area contributed by atoms with Crippen molar-refractivity contribution in [3.8, 4) is 5.75 Å². The number of pyridine rings is 1. The van der Waals surface area contributed by atoms with Crippen LogP contribution in [-0.2, 0) is 0 Å². The van der Waals surface area contributed by atoms with Crippen LogP contribution in [-0.4, -0.2) is 61.8 Å². The van der Waals surface area contributed by atoms with Crippen molar-refractivity contribution in [3.63, 3.8) is 0 Å². The fraction of sp³-hybridized carbons (Fsp3) is 0.414. The van der Waals surface area contributed by atoms with E-state index >= 15 is 0 Å². The van der Waals surface area contributed by atoms with Crippen LogP contribution in [0.1, 0.15) is 31.0 Å². The van der Waals surface area contributed by atoms with Crippen molar-refractivity contribution in [2.24, 2.45) is 0 Å². The molecule has 34 heavy (non-hydrogen) atoms. The Morgan fingerprint density at radius 2 is 1.91 bits per heavy atom. The third-order valence-corrected chi connectivity index (χ3v) is 6.97. The van der Waals surface area contributed by atoms with E-state index < -0.39 is 0 Å². The number of aryl methyl sites for hydroxylation is 1. The predicted molar refractivity (Wildman–Crippen MR) is 142 cm³/mol. The number of likely N-dealkylation sites (tertiary alicyclic amines) is 1. The molecule has 5 rings (SSSR count). The molecule has 3 aromatic rings. The number of nitrogens with zero attached hydrogens (tertiary/aromatic N) is 3. The number of hydrogen-bond donors (Lipinski definition) is 1. The Morgan fingerprint density at radius 1 is 1.06 bits per heavy atom. The van der Waals surface area contributed by atoms with Gasteiger partial charge in [0.15, 0.2) is 0 Å². The van der Waals surface area contributed by atoms with E-state index in [0.29, 0.717) is 12.6 Å². The van der Waals surface area contributed by atoms with Gasteiger partial charge in [-0.2, -0.15) is 0 Å². The molecule has 0 saturated carbocycles. The van der Waals surface area contributed by atoms with Crippen molar-refractivity contribution in [2.75, 3.05) is 50.8 Å². The number of rotatable bonds is 6. The number of nitrogens with one attached hydrogen (secondary N) is 1. The molecular weight excluding hydrogens is 420 g/mol. The number of hydrogen-bond acceptors (Lipinski definition) is 5. The third-order valence-electron chi connectivity index (χ3n) is 6.97. The van der Waals surface area contributed by atoms with Crippen molar-refractivity contribution in [2.45, 2.75) is 32.7 Å². The van der Waals surface area contributed by atoms with Crippen LogP contribution >= 0.6 is 0 Å². The van der Waals surface area contributed by atoms with E-state index in [-0.39, 0.29) is 0 Å². The molecule has 2 aliphatic rings. The average Bonchev–Trinajstić information content (AvgIpc) is 2.85. The summed E-state index contributed by atoms with van der Waals surface area (Å²) in [7, 11) is 0. The van der Waals surface area contributed by atoms with Crippen molar-refractivity contribution in [1.29, 1.82) is 0 Å². The molecule has 0 aliphatic carbocycles. The highest BCUT2D eigenvalue weighted by Gasteiger charge is 2.17. The van der Waals surface area contributed by atoms with Crippen LogP contribution < -0.4 is 15.0 Å². The summed E-state index contributed by atoms with van der Waals surface area (Å²) in [4.78, 5) is 9.63. The van der Waals surface area contributed by atoms with Gasteiger partial charge < -0.3 is 15.0 Å². The first-order valence-electron chi connectivity index (χ1n) is 12.6. The van der Waals surface area contributed by atoms with E-state index in [9.17, 15) is 0 Å². The zero-order valence-corrected chi connectivity index (χ0v) is 20.5. The Hall–Kier alpha value is -2.89. The monoisotopic (exact) mass is 456 g/mol. The summed E-state index contributed by atoms with van der Waals surface area (Å²) in [6, 6.07) is 19.9. The van der Waals surface area contributed by atoms with E-state index in [2.05, 4.69) is 63.4 Å². The molecule has 0 radical (unpaired) electrons. The number of fused-ring (bicyclic) bond motifs is 1. The minimum absolute atomic E-state index is 0.547. The van der Waals surface area contributed by atoms with Crippen molar-refractivity contribution in [1.82, 2.24) is 15.2 Å². The zero-order valence-electron chi connectivity index (χ0n) is 20.5. The lowest BCUT2D eigenvalue weighted by Crippen LogP contribution is -2.49. The van der Waals surface area contributed by atoms with Gasteiger partial charge in [0.25, 0.3) is 0 Å². The van der Waals surface area contributed by atoms with Crippen LogP contribution in [0.15, 0.2) is 60.2 Å². The minimum atomic E-state index is 0.547. The Morgan fingerprint density at radius 3 is 2.76 bits per heavy atom. The van der Waals surface area contributed by atoms with E-state index in [1.165, 1.54) is 11.3 Å². The lowest BCUT2D eigenvalue weighted by atomic mass is 10.0. The number of ether oxygens (including phenoxy) is 1. The number of benzene rings is 2. The maximum Gasteiger partial charge on any atom is 0.128 e. The second-order valence-corrected chi connectivity index (χ2v) is 9.66. The van der Waals surface area contributed by atoms with Crippen LogP contribution in [0.2, 0.25) is 0 Å². The van der Waals surface area contributed by atoms with Gasteiger partial charge in [-0.15, -0.1) is 0 Å². The first kappa shape index (κ1) is 22.9. The quantitative estimate of drug-likeness (QED) is 0.571. The van der Waals surface area contributed by atoms with Gasteiger partial charge in [0.05, 0.1) is 5.52 Å². The summed E-state index contributed by atoms with van der Waals surface area (Å²) in [5, 5.41) is 4.62. The fourth-order valence-corrected chi connectivity index (χ4v) is 5.06. The smallest absolute Gasteiger partial charge is 0.128 e. The molecule has 1 aromatic heterocycles. The molecule has 5 nitrogen and oxygen atoms in total. The topological polar surface area (TPSA) is 40.6 Å². The summed E-state index contributed by atoms with van der Waals surface area (Å²) in [5.41, 5.74) is 6.26. The van der Waals surface area contributed by atoms with Crippen molar-refractivity contribution >= 4 is 22.7 Å². The molecule has 0 bridgehead atoms. The third kappa shape index (κ3) is 5.60. The standard InChI is InChI=1S/C29H36N4O/c1-22-9-10-27-28(31-22)7-4-8-29(27)34-18-17-32-14-11-24(12-15-32)19-25-5-3-6-26(20-25)33-16-13-30-23(2)21-33/h3-10,19-20,23,30H,11-18,21H2,1-2H3. The molecule has 0 amide bonds. The van der Waals surface area contributed by atoms with Gasteiger partial charge in [-0.3, -0.25) is 9.88 Å². The summed E-state index contributed by atoms with van der Waals surface area (Å²) >= 11 is 0. The van der Waals surface area contributed by atoms with Crippen molar-refractivity contribution < 1.29 is 4.74 Å². The SMILES string of the molecule is Cc1ccc2c(OCCN3CCC(=Cc4cccc(N5CCNC(C)C5)c4)CC3)cccc2n1. The van der Waals surface area contributed by atoms with Gasteiger partial charge in [0.2, 0.25) is 0 Å². The van der Waals surface area contributed by atoms with E-state index in [1.54, 1.807) is 5.57 Å². The molecule has 2 aliphatic heterocycles. The molecule has 5 heteroatoms. The molecule has 2 aromatic carbocycles. The number of aromatic nitrogens is 1. The van der Waals surface area contributed by atoms with E-state index in [0.717, 1.165) is 74.5 Å². The highest BCUT2D eigenvalue weighted by Crippen LogP contribution is 2.25. The summed E-state index contributed by atoms with van der Waals surface area (Å²) < 4.78 is 6.16. The Balaban J connectivity index is 1.13. The molecule has 178 valence electrons. The van der Waals surface area contributed by atoms with Gasteiger partial charge in [0.1, 0.15) is 12.4 Å². The maximum atomic E-state index is 6.16. The second kappa shape index (κ2) is 10.6. The summed E-state index contributed by atoms with van der Waals surface area (Å²) in [6.45, 7) is 11.4. The highest BCUT2D eigenvalue weighted by molar-refractivity contribution is 5.85. The second-order valence-electron chi connectivity index (χ2n) is 9.66. The summed E-state index contributed by atoms with van der Waals surface area (Å²) in [6.07, 6.45) is 4.67. The maximum absolute atomic E-state index is 6.16. The average molecular weight is 457 g/mol. The largest absolute Gasteiger partial charge is 0.492 e. The Bertz CT molecular complexity index is 1150. The molecule has 3 heterocycles. The molecule has 1 atom stereocenters. The lowest BCUT2D eigenvalue weighted by molar-refractivity contribution is 0.200. The van der Waals surface area contributed by atoms with E-state index in [4.69, 9.17) is 4.74 Å². The molecule has 2 saturated heterocycles. The molecule has 1 unspecified atom stereocenters. The number of piperazine rings is 1. The molecule has 2 fully saturated rings. The van der Waals surface area contributed by atoms with Crippen LogP contribution in [0.3, 0.4) is 0 Å². The van der Waals surface area contributed by atoms with Gasteiger partial charge in [-0.05, 0) is 68.7 Å². The Labute approximate surface area is 203 Å². The van der Waals surface area contributed by atoms with Crippen molar-refractivity contribution in [3.05, 3.63) is 71.4 Å². The molecule has 1 N–H and O–H groups in total. The van der Waals surface area contributed by atoms with Gasteiger partial charge in [0, 0.05) is 62.1 Å². The minimum Gasteiger partial charge on any atom is -0.492 e. The van der Waals surface area contributed by atoms with Crippen LogP contribution in [0.25, 0.3) is 17.0 Å². The first-order chi connectivity index (χ1) is 16.6. The van der Waals surface area contributed by atoms with Gasteiger partial charge in [-0.1, -0.05) is 29.8 Å². The van der Waals surface area contributed by atoms with Gasteiger partial charge >= 0.3 is 0 Å². The molecular formula is C29H36N4O.